The van der Waals surface area contributed by atoms with E-state index in [0.29, 0.717) is 5.02 Å². The van der Waals surface area contributed by atoms with Gasteiger partial charge < -0.3 is 5.43 Å². The fourth-order valence-corrected chi connectivity index (χ4v) is 3.17. The summed E-state index contributed by atoms with van der Waals surface area (Å²) >= 11 is 9.19. The zero-order valence-electron chi connectivity index (χ0n) is 9.98. The van der Waals surface area contributed by atoms with Crippen LogP contribution >= 0.6 is 35.1 Å². The zero-order valence-corrected chi connectivity index (χ0v) is 12.4. The van der Waals surface area contributed by atoms with E-state index in [1.165, 1.54) is 0 Å². The summed E-state index contributed by atoms with van der Waals surface area (Å²) in [5.41, 5.74) is 3.71. The molecule has 0 amide bonds. The van der Waals surface area contributed by atoms with E-state index in [-0.39, 0.29) is 0 Å². The minimum Gasteiger partial charge on any atom is -0.312 e. The molecule has 18 heavy (non-hydrogen) atoms. The number of hydrogen-bond acceptors (Lipinski definition) is 5. The van der Waals surface area contributed by atoms with Gasteiger partial charge in [-0.05, 0) is 24.5 Å². The number of pyridine rings is 1. The average molecular weight is 298 g/mol. The number of thioether (sulfide) groups is 2. The fourth-order valence-electron chi connectivity index (χ4n) is 1.48. The topological polar surface area (TPSA) is 37.3 Å². The molecule has 0 aliphatic carbocycles. The van der Waals surface area contributed by atoms with Crippen LogP contribution in [-0.2, 0) is 0 Å². The second-order valence-electron chi connectivity index (χ2n) is 3.38. The van der Waals surface area contributed by atoms with E-state index in [4.69, 9.17) is 11.6 Å². The number of fused-ring (bicyclic) bond motifs is 1. The Kier molecular flexibility index (Phi) is 4.74. The van der Waals surface area contributed by atoms with Gasteiger partial charge in [0.15, 0.2) is 4.38 Å². The van der Waals surface area contributed by atoms with E-state index in [9.17, 15) is 0 Å². The van der Waals surface area contributed by atoms with Crippen LogP contribution < -0.4 is 5.43 Å². The Bertz CT molecular complexity index is 587. The quantitative estimate of drug-likeness (QED) is 0.396. The maximum absolute atomic E-state index is 5.97. The van der Waals surface area contributed by atoms with Crippen LogP contribution in [0.15, 0.2) is 40.5 Å². The Labute approximate surface area is 119 Å². The molecule has 0 bridgehead atoms. The molecule has 1 N–H and O–H groups in total. The summed E-state index contributed by atoms with van der Waals surface area (Å²) in [4.78, 5) is 5.45. The highest BCUT2D eigenvalue weighted by Gasteiger charge is 2.07. The standard InChI is InChI=1S/C12H12ClN3S2/c1-14-16-12(17-2)18-11-5-6-15-10-7-8(13)3-4-9(10)11/h3-7,14H,1-2H3/b16-12+. The molecule has 2 rings (SSSR count). The van der Waals surface area contributed by atoms with Crippen molar-refractivity contribution in [3.63, 3.8) is 0 Å². The Morgan fingerprint density at radius 3 is 2.94 bits per heavy atom. The normalized spacial score (nSPS) is 11.8. The summed E-state index contributed by atoms with van der Waals surface area (Å²) in [5.74, 6) is 0. The molecule has 0 aliphatic rings. The van der Waals surface area contributed by atoms with Gasteiger partial charge in [0, 0.05) is 28.5 Å². The van der Waals surface area contributed by atoms with Crippen LogP contribution in [0.5, 0.6) is 0 Å². The van der Waals surface area contributed by atoms with E-state index in [1.807, 2.05) is 30.5 Å². The van der Waals surface area contributed by atoms with Crippen LogP contribution in [-0.4, -0.2) is 22.7 Å². The molecule has 0 saturated carbocycles. The molecule has 0 fully saturated rings. The first-order chi connectivity index (χ1) is 8.74. The molecule has 1 aromatic heterocycles. The third-order valence-corrected chi connectivity index (χ3v) is 4.51. The van der Waals surface area contributed by atoms with E-state index >= 15 is 0 Å². The summed E-state index contributed by atoms with van der Waals surface area (Å²) < 4.78 is 0.958. The van der Waals surface area contributed by atoms with Crippen molar-refractivity contribution in [3.8, 4) is 0 Å². The number of nitrogens with zero attached hydrogens (tertiary/aromatic N) is 2. The lowest BCUT2D eigenvalue weighted by molar-refractivity contribution is 0.910. The van der Waals surface area contributed by atoms with Crippen LogP contribution in [0.4, 0.5) is 0 Å². The van der Waals surface area contributed by atoms with Crippen LogP contribution in [0.3, 0.4) is 0 Å². The van der Waals surface area contributed by atoms with Crippen molar-refractivity contribution in [2.45, 2.75) is 4.90 Å². The lowest BCUT2D eigenvalue weighted by Gasteiger charge is -2.06. The number of benzene rings is 1. The predicted octanol–water partition coefficient (Wildman–Crippen LogP) is 3.83. The van der Waals surface area contributed by atoms with Crippen LogP contribution in [0, 0.1) is 0 Å². The molecule has 3 nitrogen and oxygen atoms in total. The molecule has 0 spiro atoms. The summed E-state index contributed by atoms with van der Waals surface area (Å²) in [6, 6.07) is 7.73. The van der Waals surface area contributed by atoms with Crippen molar-refractivity contribution in [3.05, 3.63) is 35.5 Å². The molecule has 94 valence electrons. The molecular formula is C12H12ClN3S2. The summed E-state index contributed by atoms with van der Waals surface area (Å²) in [7, 11) is 1.79. The number of aromatic nitrogens is 1. The fraction of sp³-hybridized carbons (Fsp3) is 0.167. The van der Waals surface area contributed by atoms with E-state index in [2.05, 4.69) is 15.5 Å². The van der Waals surface area contributed by atoms with E-state index in [1.54, 1.807) is 36.8 Å². The number of hydrazone groups is 1. The monoisotopic (exact) mass is 297 g/mol. The van der Waals surface area contributed by atoms with Gasteiger partial charge in [-0.2, -0.15) is 5.10 Å². The summed E-state index contributed by atoms with van der Waals surface area (Å²) in [5, 5.41) is 6.00. The summed E-state index contributed by atoms with van der Waals surface area (Å²) in [6.07, 6.45) is 3.79. The second-order valence-corrected chi connectivity index (χ2v) is 5.90. The first-order valence-electron chi connectivity index (χ1n) is 5.25. The van der Waals surface area contributed by atoms with Crippen molar-refractivity contribution in [2.24, 2.45) is 5.10 Å². The van der Waals surface area contributed by atoms with Gasteiger partial charge in [-0.25, -0.2) is 0 Å². The first-order valence-corrected chi connectivity index (χ1v) is 7.67. The molecule has 1 heterocycles. The van der Waals surface area contributed by atoms with E-state index < -0.39 is 0 Å². The molecule has 0 atom stereocenters. The highest BCUT2D eigenvalue weighted by Crippen LogP contribution is 2.31. The van der Waals surface area contributed by atoms with Gasteiger partial charge in [0.1, 0.15) is 0 Å². The predicted molar refractivity (Wildman–Crippen MR) is 82.6 cm³/mol. The zero-order chi connectivity index (χ0) is 13.0. The van der Waals surface area contributed by atoms with Crippen molar-refractivity contribution >= 4 is 50.4 Å². The first kappa shape index (κ1) is 13.5. The Hall–Kier alpha value is -0.910. The van der Waals surface area contributed by atoms with Gasteiger partial charge in [0.25, 0.3) is 0 Å². The van der Waals surface area contributed by atoms with Crippen molar-refractivity contribution < 1.29 is 0 Å². The molecular weight excluding hydrogens is 286 g/mol. The average Bonchev–Trinajstić information content (AvgIpc) is 2.38. The molecule has 0 radical (unpaired) electrons. The number of halogens is 1. The van der Waals surface area contributed by atoms with Gasteiger partial charge in [-0.3, -0.25) is 4.98 Å². The SMILES string of the molecule is CN/N=C(\SC)Sc1ccnc2cc(Cl)ccc12. The molecule has 1 aromatic carbocycles. The van der Waals surface area contributed by atoms with Crippen LogP contribution in [0.25, 0.3) is 10.9 Å². The van der Waals surface area contributed by atoms with Crippen molar-refractivity contribution in [1.82, 2.24) is 10.4 Å². The Morgan fingerprint density at radius 2 is 2.22 bits per heavy atom. The minimum atomic E-state index is 0.700. The number of hydrogen-bond donors (Lipinski definition) is 1. The molecule has 0 unspecified atom stereocenters. The Balaban J connectivity index is 2.42. The lowest BCUT2D eigenvalue weighted by atomic mass is 10.2. The third kappa shape index (κ3) is 3.10. The highest BCUT2D eigenvalue weighted by atomic mass is 35.5. The third-order valence-electron chi connectivity index (χ3n) is 2.24. The van der Waals surface area contributed by atoms with Gasteiger partial charge in [-0.1, -0.05) is 29.4 Å². The lowest BCUT2D eigenvalue weighted by Crippen LogP contribution is -1.98. The van der Waals surface area contributed by atoms with E-state index in [0.717, 1.165) is 20.2 Å². The minimum absolute atomic E-state index is 0.700. The molecule has 2 aromatic rings. The number of nitrogens with one attached hydrogen (secondary N) is 1. The summed E-state index contributed by atoms with van der Waals surface area (Å²) in [6.45, 7) is 0. The highest BCUT2D eigenvalue weighted by molar-refractivity contribution is 8.38. The smallest absolute Gasteiger partial charge is 0.154 e. The molecule has 6 heteroatoms. The van der Waals surface area contributed by atoms with Crippen LogP contribution in [0.2, 0.25) is 5.02 Å². The Morgan fingerprint density at radius 1 is 1.39 bits per heavy atom. The molecule has 0 aliphatic heterocycles. The maximum Gasteiger partial charge on any atom is 0.154 e. The van der Waals surface area contributed by atoms with Gasteiger partial charge in [-0.15, -0.1) is 11.8 Å². The van der Waals surface area contributed by atoms with Gasteiger partial charge in [0.2, 0.25) is 0 Å². The van der Waals surface area contributed by atoms with Crippen molar-refractivity contribution in [2.75, 3.05) is 13.3 Å². The van der Waals surface area contributed by atoms with Gasteiger partial charge in [0.05, 0.1) is 5.52 Å². The number of rotatable bonds is 2. The largest absolute Gasteiger partial charge is 0.312 e. The van der Waals surface area contributed by atoms with Crippen LogP contribution in [0.1, 0.15) is 0 Å². The maximum atomic E-state index is 5.97. The van der Waals surface area contributed by atoms with Crippen molar-refractivity contribution in [1.29, 1.82) is 0 Å². The second kappa shape index (κ2) is 6.31. The molecule has 0 saturated heterocycles. The van der Waals surface area contributed by atoms with Gasteiger partial charge >= 0.3 is 0 Å².